The molecule has 1 aromatic heterocycles. The zero-order valence-corrected chi connectivity index (χ0v) is 17.1. The van der Waals surface area contributed by atoms with E-state index in [-0.39, 0.29) is 28.1 Å². The molecule has 0 saturated carbocycles. The van der Waals surface area contributed by atoms with Gasteiger partial charge in [-0.3, -0.25) is 9.59 Å². The van der Waals surface area contributed by atoms with Crippen LogP contribution in [0.2, 0.25) is 0 Å². The third-order valence-corrected chi connectivity index (χ3v) is 5.43. The Kier molecular flexibility index (Phi) is 6.07. The molecular formula is C23H21F2N5O2. The second-order valence-corrected chi connectivity index (χ2v) is 7.58. The molecule has 1 saturated heterocycles. The number of carbonyl (C=O) groups excluding carboxylic acids is 1. The number of anilines is 1. The van der Waals surface area contributed by atoms with Crippen LogP contribution in [0, 0.1) is 17.2 Å². The number of likely N-dealkylation sites (tertiary alicyclic amines) is 1. The third-order valence-electron chi connectivity index (χ3n) is 5.43. The van der Waals surface area contributed by atoms with Crippen LogP contribution in [0.4, 0.5) is 14.5 Å². The molecule has 0 aliphatic carbocycles. The maximum absolute atomic E-state index is 13.6. The molecule has 1 fully saturated rings. The van der Waals surface area contributed by atoms with Crippen molar-refractivity contribution in [2.45, 2.75) is 19.3 Å². The molecule has 0 unspecified atom stereocenters. The van der Waals surface area contributed by atoms with E-state index in [0.29, 0.717) is 11.3 Å². The Morgan fingerprint density at radius 3 is 2.44 bits per heavy atom. The lowest BCUT2D eigenvalue weighted by molar-refractivity contribution is 0.0724. The van der Waals surface area contributed by atoms with Crippen LogP contribution in [0.3, 0.4) is 0 Å². The molecule has 164 valence electrons. The first-order valence-electron chi connectivity index (χ1n) is 10.2. The summed E-state index contributed by atoms with van der Waals surface area (Å²) in [4.78, 5) is 29.3. The maximum Gasteiger partial charge on any atom is 0.258 e. The summed E-state index contributed by atoms with van der Waals surface area (Å²) in [6, 6.07) is 10.1. The molecule has 1 aliphatic heterocycles. The number of rotatable bonds is 5. The molecule has 32 heavy (non-hydrogen) atoms. The summed E-state index contributed by atoms with van der Waals surface area (Å²) in [5, 5.41) is 6.61. The fourth-order valence-electron chi connectivity index (χ4n) is 3.70. The molecule has 2 aromatic carbocycles. The summed E-state index contributed by atoms with van der Waals surface area (Å²) in [6.07, 6.45) is 4.55. The number of carbonyl (C=O) groups is 1. The fraction of sp³-hybridized carbons (Fsp3) is 0.217. The summed E-state index contributed by atoms with van der Waals surface area (Å²) in [7, 11) is 0. The number of benzene rings is 2. The molecule has 3 aromatic rings. The Balaban J connectivity index is 1.54. The second kappa shape index (κ2) is 9.09. The number of hydrogen-bond acceptors (Lipinski definition) is 5. The van der Waals surface area contributed by atoms with Crippen LogP contribution in [-0.2, 0) is 0 Å². The van der Waals surface area contributed by atoms with Gasteiger partial charge in [0, 0.05) is 42.0 Å². The molecule has 1 amide bonds. The van der Waals surface area contributed by atoms with Gasteiger partial charge < -0.3 is 15.2 Å². The molecule has 4 rings (SSSR count). The minimum absolute atomic E-state index is 0.00000539. The molecule has 2 heterocycles. The Morgan fingerprint density at radius 2 is 1.75 bits per heavy atom. The number of H-pyrrole nitrogens is 1. The quantitative estimate of drug-likeness (QED) is 0.496. The standard InChI is InChI=1S/C23H21F2N5O2/c24-18-11-15-10-17(22(31)28-20(15)12-19(18)25)21(29-26)13-27-16-6-4-14(5-7-16)23(32)30-8-2-1-3-9-30/h4-7,10-13,26-27H,1-3,8-9H2,(H,28,31)/b21-13-,29-26?. The normalized spacial score (nSPS) is 14.4. The Labute approximate surface area is 182 Å². The largest absolute Gasteiger partial charge is 0.360 e. The number of amides is 1. The molecule has 0 radical (unpaired) electrons. The number of fused-ring (bicyclic) bond motifs is 1. The van der Waals surface area contributed by atoms with Gasteiger partial charge in [0.25, 0.3) is 11.5 Å². The highest BCUT2D eigenvalue weighted by atomic mass is 19.2. The predicted molar refractivity (Wildman–Crippen MR) is 117 cm³/mol. The van der Waals surface area contributed by atoms with Gasteiger partial charge >= 0.3 is 0 Å². The average Bonchev–Trinajstić information content (AvgIpc) is 2.81. The first-order valence-corrected chi connectivity index (χ1v) is 10.2. The van der Waals surface area contributed by atoms with Gasteiger partial charge in [0.1, 0.15) is 5.70 Å². The number of nitrogens with one attached hydrogen (secondary N) is 3. The molecule has 3 N–H and O–H groups in total. The molecule has 0 bridgehead atoms. The van der Waals surface area contributed by atoms with E-state index in [0.717, 1.165) is 44.5 Å². The average molecular weight is 437 g/mol. The topological polar surface area (TPSA) is 101 Å². The van der Waals surface area contributed by atoms with Crippen LogP contribution in [0.5, 0.6) is 0 Å². The zero-order valence-electron chi connectivity index (χ0n) is 17.1. The number of aromatic nitrogens is 1. The van der Waals surface area contributed by atoms with Gasteiger partial charge in [-0.25, -0.2) is 14.3 Å². The highest BCUT2D eigenvalue weighted by Gasteiger charge is 2.18. The monoisotopic (exact) mass is 437 g/mol. The van der Waals surface area contributed by atoms with E-state index < -0.39 is 17.2 Å². The van der Waals surface area contributed by atoms with E-state index in [4.69, 9.17) is 5.53 Å². The van der Waals surface area contributed by atoms with Gasteiger partial charge in [0.05, 0.1) is 11.1 Å². The van der Waals surface area contributed by atoms with Gasteiger partial charge in [-0.05, 0) is 55.7 Å². The van der Waals surface area contributed by atoms with Gasteiger partial charge in [-0.15, -0.1) is 0 Å². The first-order chi connectivity index (χ1) is 15.5. The molecular weight excluding hydrogens is 416 g/mol. The molecule has 9 heteroatoms. The Bertz CT molecular complexity index is 1260. The second-order valence-electron chi connectivity index (χ2n) is 7.58. The van der Waals surface area contributed by atoms with Crippen molar-refractivity contribution in [2.24, 2.45) is 5.11 Å². The summed E-state index contributed by atoms with van der Waals surface area (Å²) in [5.41, 5.74) is 8.24. The van der Waals surface area contributed by atoms with Crippen LogP contribution in [0.1, 0.15) is 35.2 Å². The SMILES string of the molecule is N=N/C(=C\Nc1ccc(C(=O)N2CCCCC2)cc1)c1cc2cc(F)c(F)cc2[nH]c1=O. The van der Waals surface area contributed by atoms with Crippen LogP contribution < -0.4 is 10.9 Å². The lowest BCUT2D eigenvalue weighted by Gasteiger charge is -2.26. The predicted octanol–water partition coefficient (Wildman–Crippen LogP) is 4.87. The third kappa shape index (κ3) is 4.41. The molecule has 1 aliphatic rings. The van der Waals surface area contributed by atoms with Crippen molar-refractivity contribution in [3.8, 4) is 0 Å². The van der Waals surface area contributed by atoms with E-state index in [9.17, 15) is 18.4 Å². The number of pyridine rings is 1. The summed E-state index contributed by atoms with van der Waals surface area (Å²) in [5.74, 6) is -2.10. The van der Waals surface area contributed by atoms with Crippen molar-refractivity contribution in [2.75, 3.05) is 18.4 Å². The van der Waals surface area contributed by atoms with Gasteiger partial charge in [0.15, 0.2) is 11.6 Å². The van der Waals surface area contributed by atoms with Crippen molar-refractivity contribution in [1.82, 2.24) is 9.88 Å². The smallest absolute Gasteiger partial charge is 0.258 e. The van der Waals surface area contributed by atoms with Crippen molar-refractivity contribution in [3.63, 3.8) is 0 Å². The van der Waals surface area contributed by atoms with E-state index in [1.807, 2.05) is 4.90 Å². The van der Waals surface area contributed by atoms with Crippen molar-refractivity contribution < 1.29 is 13.6 Å². The van der Waals surface area contributed by atoms with Crippen LogP contribution in [0.25, 0.3) is 16.6 Å². The zero-order chi connectivity index (χ0) is 22.7. The molecule has 7 nitrogen and oxygen atoms in total. The maximum atomic E-state index is 13.6. The van der Waals surface area contributed by atoms with Crippen molar-refractivity contribution >= 4 is 28.2 Å². The number of hydrogen-bond donors (Lipinski definition) is 3. The minimum atomic E-state index is -1.06. The lowest BCUT2D eigenvalue weighted by atomic mass is 10.1. The summed E-state index contributed by atoms with van der Waals surface area (Å²) < 4.78 is 27.0. The van der Waals surface area contributed by atoms with Gasteiger partial charge in [0.2, 0.25) is 0 Å². The first kappa shape index (κ1) is 21.4. The Hall–Kier alpha value is -3.88. The number of aromatic amines is 1. The highest BCUT2D eigenvalue weighted by Crippen LogP contribution is 2.21. The van der Waals surface area contributed by atoms with Crippen molar-refractivity contribution in [3.05, 3.63) is 81.8 Å². The van der Waals surface area contributed by atoms with E-state index in [1.54, 1.807) is 24.3 Å². The van der Waals surface area contributed by atoms with Gasteiger partial charge in [-0.2, -0.15) is 5.11 Å². The van der Waals surface area contributed by atoms with Crippen LogP contribution in [-0.4, -0.2) is 28.9 Å². The van der Waals surface area contributed by atoms with Crippen LogP contribution >= 0.6 is 0 Å². The van der Waals surface area contributed by atoms with E-state index >= 15 is 0 Å². The van der Waals surface area contributed by atoms with Crippen LogP contribution in [0.15, 0.2) is 58.6 Å². The van der Waals surface area contributed by atoms with E-state index in [1.165, 1.54) is 12.3 Å². The number of nitrogens with zero attached hydrogens (tertiary/aromatic N) is 2. The number of halogens is 2. The summed E-state index contributed by atoms with van der Waals surface area (Å²) >= 11 is 0. The molecule has 0 atom stereocenters. The van der Waals surface area contributed by atoms with Gasteiger partial charge in [-0.1, -0.05) is 0 Å². The molecule has 0 spiro atoms. The summed E-state index contributed by atoms with van der Waals surface area (Å²) in [6.45, 7) is 1.54. The highest BCUT2D eigenvalue weighted by molar-refractivity contribution is 5.94. The Morgan fingerprint density at radius 1 is 1.06 bits per heavy atom. The van der Waals surface area contributed by atoms with Crippen molar-refractivity contribution in [1.29, 1.82) is 5.53 Å². The fourth-order valence-corrected chi connectivity index (χ4v) is 3.70. The lowest BCUT2D eigenvalue weighted by Crippen LogP contribution is -2.35. The van der Waals surface area contributed by atoms with E-state index in [2.05, 4.69) is 15.4 Å². The number of piperidine rings is 1. The minimum Gasteiger partial charge on any atom is -0.360 e.